The fourth-order valence-electron chi connectivity index (χ4n) is 2.68. The number of benzene rings is 1. The zero-order chi connectivity index (χ0) is 11.1. The first-order valence-electron chi connectivity index (χ1n) is 5.45. The van der Waals surface area contributed by atoms with Crippen molar-refractivity contribution in [3.8, 4) is 5.75 Å². The summed E-state index contributed by atoms with van der Waals surface area (Å²) in [7, 11) is 1.71. The van der Waals surface area contributed by atoms with E-state index in [0.717, 1.165) is 12.3 Å². The highest BCUT2D eigenvalue weighted by molar-refractivity contribution is 5.37. The van der Waals surface area contributed by atoms with Gasteiger partial charge >= 0.3 is 0 Å². The maximum Gasteiger partial charge on any atom is 0.119 e. The molecule has 2 atom stereocenters. The van der Waals surface area contributed by atoms with Crippen molar-refractivity contribution in [1.29, 1.82) is 0 Å². The van der Waals surface area contributed by atoms with Crippen LogP contribution in [-0.4, -0.2) is 13.7 Å². The molecule has 2 N–H and O–H groups in total. The minimum absolute atomic E-state index is 0.348. The van der Waals surface area contributed by atoms with E-state index in [1.807, 2.05) is 6.07 Å². The maximum absolute atomic E-state index is 5.78. The van der Waals surface area contributed by atoms with Crippen molar-refractivity contribution in [3.05, 3.63) is 29.8 Å². The Kier molecular flexibility index (Phi) is 2.47. The summed E-state index contributed by atoms with van der Waals surface area (Å²) in [5, 5.41) is 0. The molecule has 2 rings (SSSR count). The van der Waals surface area contributed by atoms with Crippen LogP contribution in [0, 0.1) is 11.3 Å². The van der Waals surface area contributed by atoms with Gasteiger partial charge in [0.05, 0.1) is 7.11 Å². The maximum atomic E-state index is 5.78. The highest BCUT2D eigenvalue weighted by Gasteiger charge is 2.57. The van der Waals surface area contributed by atoms with E-state index in [1.165, 1.54) is 5.56 Å². The Hall–Kier alpha value is -1.02. The quantitative estimate of drug-likeness (QED) is 0.822. The number of hydrogen-bond acceptors (Lipinski definition) is 2. The van der Waals surface area contributed by atoms with Crippen LogP contribution >= 0.6 is 0 Å². The van der Waals surface area contributed by atoms with Gasteiger partial charge in [0.15, 0.2) is 0 Å². The van der Waals surface area contributed by atoms with Gasteiger partial charge in [-0.25, -0.2) is 0 Å². The molecular formula is C13H19NO. The summed E-state index contributed by atoms with van der Waals surface area (Å²) in [5.41, 5.74) is 7.48. The van der Waals surface area contributed by atoms with E-state index in [9.17, 15) is 0 Å². The van der Waals surface area contributed by atoms with Gasteiger partial charge in [-0.15, -0.1) is 0 Å². The highest BCUT2D eigenvalue weighted by atomic mass is 16.5. The summed E-state index contributed by atoms with van der Waals surface area (Å²) in [5.74, 6) is 2.15. The van der Waals surface area contributed by atoms with E-state index in [-0.39, 0.29) is 0 Å². The number of nitrogens with two attached hydrogens (primary N) is 1. The lowest BCUT2D eigenvalue weighted by molar-refractivity contribution is 0.414. The van der Waals surface area contributed by atoms with Crippen molar-refractivity contribution in [1.82, 2.24) is 0 Å². The Morgan fingerprint density at radius 3 is 2.67 bits per heavy atom. The minimum atomic E-state index is 0.348. The SMILES string of the molecule is COc1cccc(C2C(CN)C2(C)C)c1. The molecule has 82 valence electrons. The van der Waals surface area contributed by atoms with Gasteiger partial charge in [-0.3, -0.25) is 0 Å². The smallest absolute Gasteiger partial charge is 0.119 e. The van der Waals surface area contributed by atoms with Gasteiger partial charge in [-0.2, -0.15) is 0 Å². The van der Waals surface area contributed by atoms with Crippen LogP contribution in [0.25, 0.3) is 0 Å². The lowest BCUT2D eigenvalue weighted by Crippen LogP contribution is -2.05. The van der Waals surface area contributed by atoms with Crippen LogP contribution < -0.4 is 10.5 Å². The second-order valence-electron chi connectivity index (χ2n) is 4.92. The van der Waals surface area contributed by atoms with Gasteiger partial charge in [-0.1, -0.05) is 26.0 Å². The molecule has 2 unspecified atom stereocenters. The topological polar surface area (TPSA) is 35.2 Å². The zero-order valence-corrected chi connectivity index (χ0v) is 9.66. The van der Waals surface area contributed by atoms with Gasteiger partial charge in [0.2, 0.25) is 0 Å². The van der Waals surface area contributed by atoms with Gasteiger partial charge in [0, 0.05) is 0 Å². The number of hydrogen-bond donors (Lipinski definition) is 1. The summed E-state index contributed by atoms with van der Waals surface area (Å²) in [4.78, 5) is 0. The van der Waals surface area contributed by atoms with E-state index in [1.54, 1.807) is 7.11 Å². The standard InChI is InChI=1S/C13H19NO/c1-13(2)11(8-14)12(13)9-5-4-6-10(7-9)15-3/h4-7,11-12H,8,14H2,1-3H3. The van der Waals surface area contributed by atoms with E-state index in [4.69, 9.17) is 10.5 Å². The molecule has 1 fully saturated rings. The van der Waals surface area contributed by atoms with Crippen LogP contribution in [0.5, 0.6) is 5.75 Å². The normalized spacial score (nSPS) is 27.5. The molecule has 0 bridgehead atoms. The average Bonchev–Trinajstić information content (AvgIpc) is 2.80. The molecule has 0 spiro atoms. The number of rotatable bonds is 3. The lowest BCUT2D eigenvalue weighted by atomic mass is 10.0. The molecule has 0 saturated heterocycles. The van der Waals surface area contributed by atoms with Crippen LogP contribution in [0.2, 0.25) is 0 Å². The van der Waals surface area contributed by atoms with E-state index < -0.39 is 0 Å². The number of ether oxygens (including phenoxy) is 1. The second-order valence-corrected chi connectivity index (χ2v) is 4.92. The van der Waals surface area contributed by atoms with Gasteiger partial charge in [-0.05, 0) is 41.5 Å². The number of methoxy groups -OCH3 is 1. The van der Waals surface area contributed by atoms with Gasteiger partial charge in [0.25, 0.3) is 0 Å². The molecule has 2 heteroatoms. The molecule has 0 heterocycles. The first-order valence-corrected chi connectivity index (χ1v) is 5.45. The van der Waals surface area contributed by atoms with Gasteiger partial charge in [0.1, 0.15) is 5.75 Å². The van der Waals surface area contributed by atoms with Gasteiger partial charge < -0.3 is 10.5 Å². The van der Waals surface area contributed by atoms with Crippen molar-refractivity contribution in [3.63, 3.8) is 0 Å². The lowest BCUT2D eigenvalue weighted by Gasteiger charge is -2.05. The Bertz CT molecular complexity index is 359. The third-order valence-electron chi connectivity index (χ3n) is 3.76. The van der Waals surface area contributed by atoms with Crippen molar-refractivity contribution in [2.75, 3.05) is 13.7 Å². The Morgan fingerprint density at radius 2 is 2.13 bits per heavy atom. The molecule has 1 saturated carbocycles. The second kappa shape index (κ2) is 3.53. The molecule has 0 aromatic heterocycles. The third kappa shape index (κ3) is 1.63. The molecular weight excluding hydrogens is 186 g/mol. The Morgan fingerprint density at radius 1 is 1.40 bits per heavy atom. The van der Waals surface area contributed by atoms with Crippen LogP contribution in [-0.2, 0) is 0 Å². The van der Waals surface area contributed by atoms with Crippen molar-refractivity contribution < 1.29 is 4.74 Å². The summed E-state index contributed by atoms with van der Waals surface area (Å²) < 4.78 is 5.24. The fraction of sp³-hybridized carbons (Fsp3) is 0.538. The average molecular weight is 205 g/mol. The Labute approximate surface area is 91.4 Å². The molecule has 1 aromatic rings. The predicted octanol–water partition coefficient (Wildman–Crippen LogP) is 2.39. The Balaban J connectivity index is 2.24. The first-order chi connectivity index (χ1) is 7.11. The van der Waals surface area contributed by atoms with Crippen molar-refractivity contribution in [2.24, 2.45) is 17.1 Å². The molecule has 1 aliphatic carbocycles. The van der Waals surface area contributed by atoms with Crippen LogP contribution in [0.4, 0.5) is 0 Å². The van der Waals surface area contributed by atoms with Crippen LogP contribution in [0.1, 0.15) is 25.3 Å². The monoisotopic (exact) mass is 205 g/mol. The third-order valence-corrected chi connectivity index (χ3v) is 3.76. The molecule has 15 heavy (non-hydrogen) atoms. The van der Waals surface area contributed by atoms with E-state index >= 15 is 0 Å². The molecule has 1 aromatic carbocycles. The highest BCUT2D eigenvalue weighted by Crippen LogP contribution is 2.63. The van der Waals surface area contributed by atoms with Crippen LogP contribution in [0.15, 0.2) is 24.3 Å². The van der Waals surface area contributed by atoms with Crippen molar-refractivity contribution >= 4 is 0 Å². The largest absolute Gasteiger partial charge is 0.497 e. The fourth-order valence-corrected chi connectivity index (χ4v) is 2.68. The summed E-state index contributed by atoms with van der Waals surface area (Å²) >= 11 is 0. The van der Waals surface area contributed by atoms with E-state index in [0.29, 0.717) is 17.3 Å². The summed E-state index contributed by atoms with van der Waals surface area (Å²) in [6, 6.07) is 8.33. The minimum Gasteiger partial charge on any atom is -0.497 e. The van der Waals surface area contributed by atoms with Crippen molar-refractivity contribution in [2.45, 2.75) is 19.8 Å². The molecule has 1 aliphatic rings. The zero-order valence-electron chi connectivity index (χ0n) is 9.66. The molecule has 0 radical (unpaired) electrons. The summed E-state index contributed by atoms with van der Waals surface area (Å²) in [6.45, 7) is 5.35. The molecule has 0 aliphatic heterocycles. The molecule has 2 nitrogen and oxygen atoms in total. The molecule has 0 amide bonds. The summed E-state index contributed by atoms with van der Waals surface area (Å²) in [6.07, 6.45) is 0. The van der Waals surface area contributed by atoms with E-state index in [2.05, 4.69) is 32.0 Å². The van der Waals surface area contributed by atoms with Crippen LogP contribution in [0.3, 0.4) is 0 Å². The predicted molar refractivity (Wildman–Crippen MR) is 62.1 cm³/mol. The first kappa shape index (κ1) is 10.5.